The van der Waals surface area contributed by atoms with Crippen LogP contribution in [0.3, 0.4) is 0 Å². The standard InChI is InChI=1S/C23H27N3O3S/c1-3-5-6-15-28-19-11-9-18(10-12-19)22(27)24-23-26-25-21(29-23)16-17-7-13-20(14-8-17)30-4-2/h7-14H,3-6,15-16H2,1-2H3,(H,24,26,27). The third-order valence-electron chi connectivity index (χ3n) is 4.41. The van der Waals surface area contributed by atoms with Crippen LogP contribution >= 0.6 is 11.8 Å². The van der Waals surface area contributed by atoms with E-state index in [1.807, 2.05) is 12.1 Å². The van der Waals surface area contributed by atoms with Crippen molar-refractivity contribution >= 4 is 23.7 Å². The highest BCUT2D eigenvalue weighted by Gasteiger charge is 2.12. The molecule has 0 atom stereocenters. The molecule has 0 saturated heterocycles. The highest BCUT2D eigenvalue weighted by atomic mass is 32.2. The summed E-state index contributed by atoms with van der Waals surface area (Å²) in [5, 5.41) is 10.6. The summed E-state index contributed by atoms with van der Waals surface area (Å²) in [5.41, 5.74) is 1.58. The molecule has 0 bridgehead atoms. The zero-order chi connectivity index (χ0) is 21.2. The van der Waals surface area contributed by atoms with Crippen LogP contribution in [0.5, 0.6) is 5.75 Å². The molecule has 3 aromatic rings. The van der Waals surface area contributed by atoms with Crippen LogP contribution in [-0.4, -0.2) is 28.5 Å². The third kappa shape index (κ3) is 6.62. The van der Waals surface area contributed by atoms with Gasteiger partial charge in [-0.05, 0) is 54.1 Å². The summed E-state index contributed by atoms with van der Waals surface area (Å²) in [6.45, 7) is 4.97. The molecule has 0 aliphatic rings. The van der Waals surface area contributed by atoms with Crippen molar-refractivity contribution < 1.29 is 13.9 Å². The van der Waals surface area contributed by atoms with E-state index in [0.29, 0.717) is 24.5 Å². The smallest absolute Gasteiger partial charge is 0.322 e. The first kappa shape index (κ1) is 21.9. The van der Waals surface area contributed by atoms with E-state index in [1.165, 1.54) is 4.90 Å². The number of anilines is 1. The molecule has 7 heteroatoms. The number of unbranched alkanes of at least 4 members (excludes halogenated alkanes) is 2. The molecule has 3 rings (SSSR count). The minimum Gasteiger partial charge on any atom is -0.494 e. The van der Waals surface area contributed by atoms with Crippen molar-refractivity contribution in [2.45, 2.75) is 44.4 Å². The summed E-state index contributed by atoms with van der Waals surface area (Å²) in [4.78, 5) is 13.6. The van der Waals surface area contributed by atoms with E-state index < -0.39 is 0 Å². The molecule has 1 heterocycles. The van der Waals surface area contributed by atoms with Gasteiger partial charge in [-0.1, -0.05) is 43.9 Å². The number of hydrogen-bond donors (Lipinski definition) is 1. The molecule has 1 aromatic heterocycles. The maximum atomic E-state index is 12.4. The molecule has 0 unspecified atom stereocenters. The maximum Gasteiger partial charge on any atom is 0.322 e. The molecule has 2 aromatic carbocycles. The lowest BCUT2D eigenvalue weighted by molar-refractivity contribution is 0.102. The van der Waals surface area contributed by atoms with E-state index in [1.54, 1.807) is 36.0 Å². The van der Waals surface area contributed by atoms with E-state index in [2.05, 4.69) is 41.5 Å². The van der Waals surface area contributed by atoms with Gasteiger partial charge in [0.15, 0.2) is 0 Å². The Balaban J connectivity index is 1.51. The van der Waals surface area contributed by atoms with Crippen molar-refractivity contribution in [1.82, 2.24) is 10.2 Å². The van der Waals surface area contributed by atoms with Gasteiger partial charge in [-0.2, -0.15) is 0 Å². The van der Waals surface area contributed by atoms with Crippen molar-refractivity contribution in [3.8, 4) is 5.75 Å². The molecular weight excluding hydrogens is 398 g/mol. The number of ether oxygens (including phenoxy) is 1. The number of benzene rings is 2. The number of nitrogens with one attached hydrogen (secondary N) is 1. The van der Waals surface area contributed by atoms with Gasteiger partial charge in [-0.25, -0.2) is 0 Å². The minimum absolute atomic E-state index is 0.0908. The van der Waals surface area contributed by atoms with Gasteiger partial charge < -0.3 is 9.15 Å². The van der Waals surface area contributed by atoms with E-state index in [4.69, 9.17) is 9.15 Å². The van der Waals surface area contributed by atoms with Crippen LogP contribution in [0, 0.1) is 0 Å². The fraction of sp³-hybridized carbons (Fsp3) is 0.348. The fourth-order valence-corrected chi connectivity index (χ4v) is 3.50. The fourth-order valence-electron chi connectivity index (χ4n) is 2.83. The van der Waals surface area contributed by atoms with Crippen molar-refractivity contribution in [3.05, 3.63) is 65.5 Å². The zero-order valence-electron chi connectivity index (χ0n) is 17.4. The predicted molar refractivity (Wildman–Crippen MR) is 119 cm³/mol. The number of thioether (sulfide) groups is 1. The second-order valence-corrected chi connectivity index (χ2v) is 8.13. The first-order chi connectivity index (χ1) is 14.7. The average Bonchev–Trinajstić information content (AvgIpc) is 3.20. The molecule has 1 amide bonds. The Hall–Kier alpha value is -2.80. The molecular formula is C23H27N3O3S. The normalized spacial score (nSPS) is 10.7. The molecule has 0 spiro atoms. The number of carbonyl (C=O) groups excluding carboxylic acids is 1. The monoisotopic (exact) mass is 425 g/mol. The first-order valence-electron chi connectivity index (χ1n) is 10.3. The second kappa shape index (κ2) is 11.4. The molecule has 0 aliphatic heterocycles. The molecule has 0 saturated carbocycles. The summed E-state index contributed by atoms with van der Waals surface area (Å²) in [6.07, 6.45) is 3.85. The molecule has 6 nitrogen and oxygen atoms in total. The molecule has 158 valence electrons. The summed E-state index contributed by atoms with van der Waals surface area (Å²) in [7, 11) is 0. The first-order valence-corrected chi connectivity index (χ1v) is 11.2. The number of rotatable bonds is 11. The van der Waals surface area contributed by atoms with Crippen molar-refractivity contribution in [3.63, 3.8) is 0 Å². The van der Waals surface area contributed by atoms with Crippen molar-refractivity contribution in [1.29, 1.82) is 0 Å². The van der Waals surface area contributed by atoms with Crippen LogP contribution in [0.1, 0.15) is 54.9 Å². The number of hydrogen-bond acceptors (Lipinski definition) is 6. The van der Waals surface area contributed by atoms with Gasteiger partial charge in [-0.15, -0.1) is 16.9 Å². The SMILES string of the molecule is CCCCCOc1ccc(C(=O)Nc2nnc(Cc3ccc(SCC)cc3)o2)cc1. The third-order valence-corrected chi connectivity index (χ3v) is 5.30. The Morgan fingerprint density at radius 2 is 1.80 bits per heavy atom. The number of amides is 1. The van der Waals surface area contributed by atoms with Gasteiger partial charge in [0.1, 0.15) is 5.75 Å². The molecule has 1 N–H and O–H groups in total. The van der Waals surface area contributed by atoms with Crippen LogP contribution in [0.4, 0.5) is 6.01 Å². The van der Waals surface area contributed by atoms with Crippen LogP contribution < -0.4 is 10.1 Å². The lowest BCUT2D eigenvalue weighted by Crippen LogP contribution is -2.12. The highest BCUT2D eigenvalue weighted by Crippen LogP contribution is 2.20. The maximum absolute atomic E-state index is 12.4. The lowest BCUT2D eigenvalue weighted by Gasteiger charge is -2.06. The second-order valence-electron chi connectivity index (χ2n) is 6.79. The zero-order valence-corrected chi connectivity index (χ0v) is 18.2. The Morgan fingerprint density at radius 3 is 2.50 bits per heavy atom. The van der Waals surface area contributed by atoms with E-state index in [9.17, 15) is 4.79 Å². The Morgan fingerprint density at radius 1 is 1.03 bits per heavy atom. The lowest BCUT2D eigenvalue weighted by atomic mass is 10.1. The van der Waals surface area contributed by atoms with Crippen molar-refractivity contribution in [2.75, 3.05) is 17.7 Å². The summed E-state index contributed by atoms with van der Waals surface area (Å²) in [6, 6.07) is 15.4. The van der Waals surface area contributed by atoms with E-state index >= 15 is 0 Å². The van der Waals surface area contributed by atoms with Crippen LogP contribution in [-0.2, 0) is 6.42 Å². The van der Waals surface area contributed by atoms with E-state index in [-0.39, 0.29) is 11.9 Å². The predicted octanol–water partition coefficient (Wildman–Crippen LogP) is 5.59. The molecule has 0 aliphatic carbocycles. The van der Waals surface area contributed by atoms with Crippen LogP contribution in [0.2, 0.25) is 0 Å². The van der Waals surface area contributed by atoms with Gasteiger partial charge in [0.25, 0.3) is 5.91 Å². The molecule has 0 radical (unpaired) electrons. The topological polar surface area (TPSA) is 77.2 Å². The average molecular weight is 426 g/mol. The van der Waals surface area contributed by atoms with Gasteiger partial charge in [-0.3, -0.25) is 10.1 Å². The quantitative estimate of drug-likeness (QED) is 0.319. The Bertz CT molecular complexity index is 924. The van der Waals surface area contributed by atoms with Crippen molar-refractivity contribution in [2.24, 2.45) is 0 Å². The minimum atomic E-state index is -0.302. The molecule has 0 fully saturated rings. The summed E-state index contributed by atoms with van der Waals surface area (Å²) >= 11 is 1.80. The largest absolute Gasteiger partial charge is 0.494 e. The van der Waals surface area contributed by atoms with Crippen LogP contribution in [0.25, 0.3) is 0 Å². The van der Waals surface area contributed by atoms with Gasteiger partial charge in [0.05, 0.1) is 13.0 Å². The Kier molecular flexibility index (Phi) is 8.32. The van der Waals surface area contributed by atoms with Gasteiger partial charge in [0.2, 0.25) is 5.89 Å². The number of aromatic nitrogens is 2. The highest BCUT2D eigenvalue weighted by molar-refractivity contribution is 7.99. The van der Waals surface area contributed by atoms with Crippen LogP contribution in [0.15, 0.2) is 57.8 Å². The molecule has 30 heavy (non-hydrogen) atoms. The Labute approximate surface area is 181 Å². The van der Waals surface area contributed by atoms with Gasteiger partial charge in [0, 0.05) is 10.5 Å². The van der Waals surface area contributed by atoms with Gasteiger partial charge >= 0.3 is 6.01 Å². The number of nitrogens with zero attached hydrogens (tertiary/aromatic N) is 2. The summed E-state index contributed by atoms with van der Waals surface area (Å²) in [5.74, 6) is 1.95. The van der Waals surface area contributed by atoms with E-state index in [0.717, 1.165) is 36.3 Å². The summed E-state index contributed by atoms with van der Waals surface area (Å²) < 4.78 is 11.2. The number of carbonyl (C=O) groups is 1.